The molecule has 0 heterocycles. The number of esters is 1. The van der Waals surface area contributed by atoms with Crippen molar-refractivity contribution in [3.05, 3.63) is 90.5 Å². The number of hydrogen-bond acceptors (Lipinski definition) is 6. The SMILES string of the molecule is CC(C)(C)OCOC(=O)c1ccc(S(OS(=O)(=O)C(F)(F)F)(c2ccccc2)c2ccccc2)cc1. The van der Waals surface area contributed by atoms with Crippen LogP contribution >= 0.6 is 10.3 Å². The van der Waals surface area contributed by atoms with E-state index in [4.69, 9.17) is 13.1 Å². The van der Waals surface area contributed by atoms with Gasteiger partial charge in [-0.15, -0.1) is 0 Å². The molecular weight excluding hydrogens is 517 g/mol. The summed E-state index contributed by atoms with van der Waals surface area (Å²) in [4.78, 5) is 13.0. The molecule has 194 valence electrons. The van der Waals surface area contributed by atoms with Gasteiger partial charge in [0.05, 0.1) is 11.2 Å². The Balaban J connectivity index is 2.13. The molecule has 0 saturated carbocycles. The Hall–Kier alpha value is -2.86. The molecule has 0 bridgehead atoms. The third kappa shape index (κ3) is 6.28. The van der Waals surface area contributed by atoms with Gasteiger partial charge >= 0.3 is 21.6 Å². The molecule has 0 saturated heterocycles. The molecule has 0 aromatic heterocycles. The number of carbonyl (C=O) groups excluding carboxylic acids is 1. The van der Waals surface area contributed by atoms with Gasteiger partial charge in [0.15, 0.2) is 6.79 Å². The van der Waals surface area contributed by atoms with E-state index in [0.29, 0.717) is 0 Å². The smallest absolute Gasteiger partial charge is 0.435 e. The first-order chi connectivity index (χ1) is 16.8. The maximum atomic E-state index is 13.5. The highest BCUT2D eigenvalue weighted by molar-refractivity contribution is 8.33. The Kier molecular flexibility index (Phi) is 8.19. The number of hydrogen-bond donors (Lipinski definition) is 0. The van der Waals surface area contributed by atoms with Gasteiger partial charge in [-0.2, -0.15) is 25.2 Å². The van der Waals surface area contributed by atoms with Crippen LogP contribution in [-0.4, -0.2) is 32.3 Å². The Labute approximate surface area is 209 Å². The topological polar surface area (TPSA) is 78.9 Å². The molecule has 3 aromatic rings. The predicted octanol–water partition coefficient (Wildman–Crippen LogP) is 6.68. The molecular formula is C25H25F3O6S2. The maximum Gasteiger partial charge on any atom is 0.524 e. The lowest BCUT2D eigenvalue weighted by Crippen LogP contribution is -2.27. The fraction of sp³-hybridized carbons (Fsp3) is 0.240. The van der Waals surface area contributed by atoms with Gasteiger partial charge in [0.25, 0.3) is 0 Å². The number of carbonyl (C=O) groups is 1. The van der Waals surface area contributed by atoms with E-state index in [0.717, 1.165) is 0 Å². The molecule has 0 fully saturated rings. The van der Waals surface area contributed by atoms with Gasteiger partial charge in [-0.1, -0.05) is 36.4 Å². The zero-order valence-electron chi connectivity index (χ0n) is 19.7. The Morgan fingerprint density at radius 3 is 1.61 bits per heavy atom. The molecule has 6 nitrogen and oxygen atoms in total. The van der Waals surface area contributed by atoms with Crippen LogP contribution in [0.15, 0.2) is 99.6 Å². The minimum absolute atomic E-state index is 0.101. The van der Waals surface area contributed by atoms with Crippen molar-refractivity contribution in [3.8, 4) is 0 Å². The first-order valence-corrected chi connectivity index (χ1v) is 13.6. The predicted molar refractivity (Wildman–Crippen MR) is 129 cm³/mol. The van der Waals surface area contributed by atoms with E-state index >= 15 is 0 Å². The van der Waals surface area contributed by atoms with Crippen LogP contribution in [0, 0.1) is 0 Å². The molecule has 11 heteroatoms. The molecule has 3 aromatic carbocycles. The van der Waals surface area contributed by atoms with Crippen molar-refractivity contribution < 1.29 is 39.5 Å². The summed E-state index contributed by atoms with van der Waals surface area (Å²) >= 11 is 0. The van der Waals surface area contributed by atoms with Gasteiger partial charge in [-0.25, -0.2) is 4.79 Å². The summed E-state index contributed by atoms with van der Waals surface area (Å²) in [5.74, 6) is -0.713. The van der Waals surface area contributed by atoms with E-state index in [1.54, 1.807) is 57.2 Å². The standard InChI is InChI=1S/C25H25F3O6S2/c1-24(2,3)33-18-32-23(29)19-14-16-22(17-15-19)35(20-10-6-4-7-11-20,21-12-8-5-9-13-21)34-36(30,31)25(26,27)28/h4-17H,18H2,1-3H3. The third-order valence-corrected chi connectivity index (χ3v) is 9.64. The minimum atomic E-state index is -6.02. The van der Waals surface area contributed by atoms with Crippen LogP contribution in [0.4, 0.5) is 13.2 Å². The molecule has 0 aliphatic heterocycles. The van der Waals surface area contributed by atoms with Gasteiger partial charge in [-0.3, -0.25) is 0 Å². The number of alkyl halides is 3. The molecule has 0 amide bonds. The van der Waals surface area contributed by atoms with Gasteiger partial charge < -0.3 is 9.47 Å². The average Bonchev–Trinajstić information content (AvgIpc) is 2.82. The van der Waals surface area contributed by atoms with E-state index in [1.807, 2.05) is 0 Å². The van der Waals surface area contributed by atoms with Crippen molar-refractivity contribution in [2.75, 3.05) is 6.79 Å². The zero-order valence-corrected chi connectivity index (χ0v) is 21.3. The van der Waals surface area contributed by atoms with Crippen LogP contribution < -0.4 is 0 Å². The van der Waals surface area contributed by atoms with Crippen LogP contribution in [0.3, 0.4) is 0 Å². The van der Waals surface area contributed by atoms with E-state index in [9.17, 15) is 26.4 Å². The second kappa shape index (κ2) is 10.6. The molecule has 0 N–H and O–H groups in total. The average molecular weight is 543 g/mol. The zero-order chi connectivity index (χ0) is 26.6. The van der Waals surface area contributed by atoms with E-state index in [-0.39, 0.29) is 27.0 Å². The van der Waals surface area contributed by atoms with Crippen molar-refractivity contribution in [1.29, 1.82) is 0 Å². The van der Waals surface area contributed by atoms with Crippen molar-refractivity contribution in [3.63, 3.8) is 0 Å². The molecule has 0 unspecified atom stereocenters. The normalized spacial score (nSPS) is 13.3. The van der Waals surface area contributed by atoms with Gasteiger partial charge in [0.1, 0.15) is 0 Å². The summed E-state index contributed by atoms with van der Waals surface area (Å²) in [6.45, 7) is 5.08. The lowest BCUT2D eigenvalue weighted by Gasteiger charge is -2.39. The van der Waals surface area contributed by atoms with Crippen LogP contribution in [0.2, 0.25) is 0 Å². The first-order valence-electron chi connectivity index (χ1n) is 10.6. The molecule has 0 atom stereocenters. The van der Waals surface area contributed by atoms with E-state index < -0.39 is 37.5 Å². The summed E-state index contributed by atoms with van der Waals surface area (Å²) in [5, 5.41) is 0. The van der Waals surface area contributed by atoms with Crippen LogP contribution in [0.1, 0.15) is 31.1 Å². The van der Waals surface area contributed by atoms with Gasteiger partial charge in [0.2, 0.25) is 0 Å². The number of rotatable bonds is 8. The quantitative estimate of drug-likeness (QED) is 0.180. The first kappa shape index (κ1) is 27.7. The molecule has 0 radical (unpaired) electrons. The number of ether oxygens (including phenoxy) is 2. The fourth-order valence-corrected chi connectivity index (χ4v) is 7.79. The molecule has 36 heavy (non-hydrogen) atoms. The summed E-state index contributed by atoms with van der Waals surface area (Å²) in [6.07, 6.45) is 0. The Bertz CT molecular complexity index is 1230. The molecule has 3 rings (SSSR count). The summed E-state index contributed by atoms with van der Waals surface area (Å²) in [7, 11) is -9.46. The minimum Gasteiger partial charge on any atom is -0.435 e. The van der Waals surface area contributed by atoms with Gasteiger partial charge in [-0.05, 0) is 79.6 Å². The third-order valence-electron chi connectivity index (χ3n) is 4.73. The summed E-state index contributed by atoms with van der Waals surface area (Å²) in [6, 6.07) is 21.0. The monoisotopic (exact) mass is 542 g/mol. The van der Waals surface area contributed by atoms with Crippen molar-refractivity contribution in [2.45, 2.75) is 46.6 Å². The Morgan fingerprint density at radius 1 is 0.750 bits per heavy atom. The van der Waals surface area contributed by atoms with Crippen molar-refractivity contribution >= 4 is 26.4 Å². The molecule has 0 aliphatic carbocycles. The number of benzene rings is 3. The highest BCUT2D eigenvalue weighted by atomic mass is 32.3. The second-order valence-electron chi connectivity index (χ2n) is 8.48. The van der Waals surface area contributed by atoms with Crippen molar-refractivity contribution in [2.24, 2.45) is 0 Å². The largest absolute Gasteiger partial charge is 0.524 e. The maximum absolute atomic E-state index is 13.5. The van der Waals surface area contributed by atoms with Crippen molar-refractivity contribution in [1.82, 2.24) is 0 Å². The van der Waals surface area contributed by atoms with Crippen LogP contribution in [-0.2, 0) is 23.2 Å². The second-order valence-corrected chi connectivity index (χ2v) is 12.9. The highest BCUT2D eigenvalue weighted by Gasteiger charge is 2.52. The summed E-state index contributed by atoms with van der Waals surface area (Å²) in [5.41, 5.74) is -6.07. The Morgan fingerprint density at radius 2 is 1.19 bits per heavy atom. The van der Waals surface area contributed by atoms with Crippen LogP contribution in [0.25, 0.3) is 0 Å². The van der Waals surface area contributed by atoms with Crippen LogP contribution in [0.5, 0.6) is 0 Å². The fourth-order valence-electron chi connectivity index (χ4n) is 3.05. The molecule has 0 spiro atoms. The molecule has 0 aliphatic rings. The number of halogens is 3. The van der Waals surface area contributed by atoms with E-state index in [2.05, 4.69) is 0 Å². The lowest BCUT2D eigenvalue weighted by atomic mass is 10.2. The van der Waals surface area contributed by atoms with E-state index in [1.165, 1.54) is 48.5 Å². The van der Waals surface area contributed by atoms with Gasteiger partial charge in [0, 0.05) is 14.7 Å². The summed E-state index contributed by atoms with van der Waals surface area (Å²) < 4.78 is 80.8. The lowest BCUT2D eigenvalue weighted by molar-refractivity contribution is -0.0965. The highest BCUT2D eigenvalue weighted by Crippen LogP contribution is 2.70.